The number of carbonyl (C=O) groups excluding carboxylic acids is 1. The van der Waals surface area contributed by atoms with Crippen molar-refractivity contribution in [1.82, 2.24) is 14.4 Å². The highest BCUT2D eigenvalue weighted by molar-refractivity contribution is 6.02. The average molecular weight is 340 g/mol. The predicted octanol–water partition coefficient (Wildman–Crippen LogP) is 4.05. The van der Waals surface area contributed by atoms with E-state index in [0.717, 1.165) is 22.5 Å². The van der Waals surface area contributed by atoms with Crippen molar-refractivity contribution >= 4 is 23.4 Å². The Morgan fingerprint density at radius 3 is 2.58 bits per heavy atom. The lowest BCUT2D eigenvalue weighted by Crippen LogP contribution is -2.07. The number of hydrogen-bond donors (Lipinski definition) is 1. The van der Waals surface area contributed by atoms with Crippen LogP contribution in [0.3, 0.4) is 0 Å². The number of benzene rings is 2. The third kappa shape index (κ3) is 3.52. The molecule has 0 saturated carbocycles. The van der Waals surface area contributed by atoms with Gasteiger partial charge in [0.05, 0.1) is 5.69 Å². The lowest BCUT2D eigenvalue weighted by molar-refractivity contribution is -0.111. The number of nitrogens with zero attached hydrogens (tertiary/aromatic N) is 3. The van der Waals surface area contributed by atoms with Crippen molar-refractivity contribution < 1.29 is 4.79 Å². The minimum atomic E-state index is -0.168. The Hall–Kier alpha value is -3.73. The zero-order valence-corrected chi connectivity index (χ0v) is 13.9. The fourth-order valence-electron chi connectivity index (χ4n) is 2.61. The number of rotatable bonds is 4. The molecule has 0 aliphatic heterocycles. The summed E-state index contributed by atoms with van der Waals surface area (Å²) < 4.78 is 1.87. The molecule has 2 aromatic heterocycles. The van der Waals surface area contributed by atoms with Crippen LogP contribution in [0.2, 0.25) is 0 Å². The highest BCUT2D eigenvalue weighted by Gasteiger charge is 2.05. The molecule has 4 rings (SSSR count). The normalized spacial score (nSPS) is 11.1. The van der Waals surface area contributed by atoms with Crippen LogP contribution in [0.25, 0.3) is 23.1 Å². The largest absolute Gasteiger partial charge is 0.323 e. The van der Waals surface area contributed by atoms with Crippen molar-refractivity contribution in [2.75, 3.05) is 5.32 Å². The summed E-state index contributed by atoms with van der Waals surface area (Å²) in [7, 11) is 0. The highest BCUT2D eigenvalue weighted by Crippen LogP contribution is 2.20. The van der Waals surface area contributed by atoms with Gasteiger partial charge >= 0.3 is 0 Å². The van der Waals surface area contributed by atoms with Crippen LogP contribution in [0, 0.1) is 0 Å². The maximum Gasteiger partial charge on any atom is 0.248 e. The van der Waals surface area contributed by atoms with Crippen LogP contribution in [0.5, 0.6) is 0 Å². The summed E-state index contributed by atoms with van der Waals surface area (Å²) in [4.78, 5) is 20.7. The van der Waals surface area contributed by atoms with Crippen LogP contribution in [0.1, 0.15) is 5.56 Å². The van der Waals surface area contributed by atoms with Gasteiger partial charge in [0.15, 0.2) is 0 Å². The van der Waals surface area contributed by atoms with Gasteiger partial charge in [0.1, 0.15) is 0 Å². The van der Waals surface area contributed by atoms with Gasteiger partial charge in [0, 0.05) is 35.9 Å². The monoisotopic (exact) mass is 340 g/mol. The van der Waals surface area contributed by atoms with E-state index in [4.69, 9.17) is 0 Å². The van der Waals surface area contributed by atoms with E-state index in [1.165, 1.54) is 6.08 Å². The van der Waals surface area contributed by atoms with E-state index in [1.54, 1.807) is 12.3 Å². The summed E-state index contributed by atoms with van der Waals surface area (Å²) in [6, 6.07) is 19.2. The van der Waals surface area contributed by atoms with Gasteiger partial charge in [-0.2, -0.15) is 0 Å². The third-order valence-corrected chi connectivity index (χ3v) is 3.91. The molecule has 0 bridgehead atoms. The Labute approximate surface area is 150 Å². The molecule has 26 heavy (non-hydrogen) atoms. The molecule has 1 N–H and O–H groups in total. The van der Waals surface area contributed by atoms with Crippen molar-refractivity contribution in [3.63, 3.8) is 0 Å². The summed E-state index contributed by atoms with van der Waals surface area (Å²) in [5.41, 5.74) is 3.52. The van der Waals surface area contributed by atoms with Gasteiger partial charge < -0.3 is 5.32 Å². The fourth-order valence-corrected chi connectivity index (χ4v) is 2.61. The SMILES string of the molecule is O=C(C=Cc1ccccc1)Nc1ccc(-c2cn3cccnc3n2)cc1. The topological polar surface area (TPSA) is 59.3 Å². The molecule has 5 nitrogen and oxygen atoms in total. The standard InChI is InChI=1S/C21H16N4O/c26-20(12-7-16-5-2-1-3-6-16)23-18-10-8-17(9-11-18)19-15-25-14-4-13-22-21(25)24-19/h1-15H,(H,23,26). The second kappa shape index (κ2) is 7.03. The number of anilines is 1. The van der Waals surface area contributed by atoms with E-state index < -0.39 is 0 Å². The summed E-state index contributed by atoms with van der Waals surface area (Å²) in [5.74, 6) is 0.490. The van der Waals surface area contributed by atoms with Gasteiger partial charge in [-0.25, -0.2) is 9.97 Å². The van der Waals surface area contributed by atoms with E-state index in [2.05, 4.69) is 15.3 Å². The Morgan fingerprint density at radius 1 is 1.00 bits per heavy atom. The third-order valence-electron chi connectivity index (χ3n) is 3.91. The van der Waals surface area contributed by atoms with Gasteiger partial charge in [-0.3, -0.25) is 9.20 Å². The van der Waals surface area contributed by atoms with Crippen LogP contribution >= 0.6 is 0 Å². The van der Waals surface area contributed by atoms with Crippen LogP contribution in [-0.4, -0.2) is 20.3 Å². The molecule has 0 atom stereocenters. The van der Waals surface area contributed by atoms with Gasteiger partial charge in [-0.15, -0.1) is 0 Å². The summed E-state index contributed by atoms with van der Waals surface area (Å²) >= 11 is 0. The first-order valence-corrected chi connectivity index (χ1v) is 8.22. The number of imidazole rings is 1. The number of hydrogen-bond acceptors (Lipinski definition) is 3. The maximum absolute atomic E-state index is 12.0. The van der Waals surface area contributed by atoms with Crippen molar-refractivity contribution in [1.29, 1.82) is 0 Å². The van der Waals surface area contributed by atoms with E-state index in [-0.39, 0.29) is 5.91 Å². The molecule has 5 heteroatoms. The summed E-state index contributed by atoms with van der Waals surface area (Å²) in [6.45, 7) is 0. The van der Waals surface area contributed by atoms with E-state index >= 15 is 0 Å². The second-order valence-electron chi connectivity index (χ2n) is 5.76. The van der Waals surface area contributed by atoms with E-state index in [1.807, 2.05) is 77.5 Å². The molecule has 2 aromatic carbocycles. The molecule has 0 unspecified atom stereocenters. The zero-order valence-electron chi connectivity index (χ0n) is 13.9. The van der Waals surface area contributed by atoms with Crippen molar-refractivity contribution in [3.05, 3.63) is 90.9 Å². The van der Waals surface area contributed by atoms with Crippen molar-refractivity contribution in [2.45, 2.75) is 0 Å². The van der Waals surface area contributed by atoms with Crippen LogP contribution in [-0.2, 0) is 4.79 Å². The molecule has 0 saturated heterocycles. The van der Waals surface area contributed by atoms with Crippen molar-refractivity contribution in [3.8, 4) is 11.3 Å². The number of nitrogens with one attached hydrogen (secondary N) is 1. The summed E-state index contributed by atoms with van der Waals surface area (Å²) in [6.07, 6.45) is 8.86. The lowest BCUT2D eigenvalue weighted by Gasteiger charge is -2.03. The first-order valence-electron chi connectivity index (χ1n) is 8.22. The first-order chi connectivity index (χ1) is 12.8. The Kier molecular flexibility index (Phi) is 4.26. The van der Waals surface area contributed by atoms with Gasteiger partial charge in [0.2, 0.25) is 11.7 Å². The second-order valence-corrected chi connectivity index (χ2v) is 5.76. The Balaban J connectivity index is 1.45. The molecule has 0 aliphatic rings. The molecule has 0 aliphatic carbocycles. The van der Waals surface area contributed by atoms with E-state index in [0.29, 0.717) is 5.78 Å². The molecule has 4 aromatic rings. The van der Waals surface area contributed by atoms with Crippen LogP contribution in [0.15, 0.2) is 85.3 Å². The number of carbonyl (C=O) groups is 1. The minimum absolute atomic E-state index is 0.168. The van der Waals surface area contributed by atoms with Crippen LogP contribution in [0.4, 0.5) is 5.69 Å². The molecule has 0 fully saturated rings. The predicted molar refractivity (Wildman–Crippen MR) is 103 cm³/mol. The number of amides is 1. The quantitative estimate of drug-likeness (QED) is 0.570. The average Bonchev–Trinajstić information content (AvgIpc) is 3.12. The molecule has 126 valence electrons. The van der Waals surface area contributed by atoms with Gasteiger partial charge in [0.25, 0.3) is 0 Å². The molecular weight excluding hydrogens is 324 g/mol. The first kappa shape index (κ1) is 15.8. The number of aromatic nitrogens is 3. The zero-order chi connectivity index (χ0) is 17.8. The summed E-state index contributed by atoms with van der Waals surface area (Å²) in [5, 5.41) is 2.85. The Bertz CT molecular complexity index is 1030. The fraction of sp³-hybridized carbons (Fsp3) is 0. The maximum atomic E-state index is 12.0. The number of fused-ring (bicyclic) bond motifs is 1. The van der Waals surface area contributed by atoms with Gasteiger partial charge in [-0.05, 0) is 29.8 Å². The molecule has 0 radical (unpaired) electrons. The lowest BCUT2D eigenvalue weighted by atomic mass is 10.1. The highest BCUT2D eigenvalue weighted by atomic mass is 16.1. The Morgan fingerprint density at radius 2 is 1.81 bits per heavy atom. The smallest absolute Gasteiger partial charge is 0.248 e. The molecule has 0 spiro atoms. The van der Waals surface area contributed by atoms with E-state index in [9.17, 15) is 4.79 Å². The molecule has 2 heterocycles. The molecule has 1 amide bonds. The molecular formula is C21H16N4O. The minimum Gasteiger partial charge on any atom is -0.323 e. The van der Waals surface area contributed by atoms with Crippen molar-refractivity contribution in [2.24, 2.45) is 0 Å². The van der Waals surface area contributed by atoms with Gasteiger partial charge in [-0.1, -0.05) is 42.5 Å². The van der Waals surface area contributed by atoms with Crippen LogP contribution < -0.4 is 5.32 Å².